The summed E-state index contributed by atoms with van der Waals surface area (Å²) in [4.78, 5) is 16.7. The molecule has 0 saturated carbocycles. The van der Waals surface area contributed by atoms with Crippen LogP contribution in [0.2, 0.25) is 0 Å². The number of ether oxygens (including phenoxy) is 3. The number of rotatable bonds is 6. The van der Waals surface area contributed by atoms with Crippen LogP contribution in [0.3, 0.4) is 0 Å². The highest BCUT2D eigenvalue weighted by Gasteiger charge is 2.15. The number of nitriles is 1. The Bertz CT molecular complexity index is 1010. The molecule has 6 nitrogen and oxygen atoms in total. The molecule has 27 heavy (non-hydrogen) atoms. The molecule has 0 aliphatic heterocycles. The maximum Gasteiger partial charge on any atom is 0.338 e. The Balaban J connectivity index is 1.74. The first kappa shape index (κ1) is 18.4. The summed E-state index contributed by atoms with van der Waals surface area (Å²) in [5, 5.41) is 11.5. The van der Waals surface area contributed by atoms with E-state index in [1.54, 1.807) is 32.4 Å². The molecular weight excluding hydrogens is 364 g/mol. The van der Waals surface area contributed by atoms with Crippen molar-refractivity contribution < 1.29 is 19.0 Å². The molecule has 3 rings (SSSR count). The molecule has 0 unspecified atom stereocenters. The fourth-order valence-electron chi connectivity index (χ4n) is 2.49. The van der Waals surface area contributed by atoms with Gasteiger partial charge in [0.25, 0.3) is 0 Å². The molecule has 0 bridgehead atoms. The molecule has 0 atom stereocenters. The molecule has 0 amide bonds. The van der Waals surface area contributed by atoms with Gasteiger partial charge in [-0.05, 0) is 30.3 Å². The topological polar surface area (TPSA) is 81.4 Å². The zero-order valence-corrected chi connectivity index (χ0v) is 15.6. The van der Waals surface area contributed by atoms with E-state index in [0.29, 0.717) is 28.3 Å². The number of hydrogen-bond acceptors (Lipinski definition) is 7. The van der Waals surface area contributed by atoms with Gasteiger partial charge in [-0.3, -0.25) is 0 Å². The summed E-state index contributed by atoms with van der Waals surface area (Å²) in [6.07, 6.45) is 0. The highest BCUT2D eigenvalue weighted by molar-refractivity contribution is 7.13. The van der Waals surface area contributed by atoms with Crippen LogP contribution in [0, 0.1) is 11.3 Å². The van der Waals surface area contributed by atoms with E-state index in [0.717, 1.165) is 10.6 Å². The number of carbonyl (C=O) groups is 1. The van der Waals surface area contributed by atoms with Crippen LogP contribution in [0.1, 0.15) is 21.6 Å². The van der Waals surface area contributed by atoms with Gasteiger partial charge in [-0.2, -0.15) is 5.26 Å². The summed E-state index contributed by atoms with van der Waals surface area (Å²) in [5.74, 6) is 0.724. The number of esters is 1. The Kier molecular flexibility index (Phi) is 5.69. The molecule has 7 heteroatoms. The van der Waals surface area contributed by atoms with Crippen molar-refractivity contribution in [3.8, 4) is 28.1 Å². The van der Waals surface area contributed by atoms with Gasteiger partial charge in [0.05, 0.1) is 42.7 Å². The highest BCUT2D eigenvalue weighted by atomic mass is 32.1. The predicted octanol–water partition coefficient (Wildman–Crippen LogP) is 4.06. The number of carbonyl (C=O) groups excluding carboxylic acids is 1. The lowest BCUT2D eigenvalue weighted by molar-refractivity contribution is 0.0468. The molecule has 1 heterocycles. The number of aromatic nitrogens is 1. The van der Waals surface area contributed by atoms with E-state index in [9.17, 15) is 4.79 Å². The van der Waals surface area contributed by atoms with Gasteiger partial charge in [-0.25, -0.2) is 9.78 Å². The van der Waals surface area contributed by atoms with E-state index in [1.807, 2.05) is 29.6 Å². The molecule has 0 fully saturated rings. The molecule has 1 aromatic heterocycles. The van der Waals surface area contributed by atoms with Gasteiger partial charge in [0, 0.05) is 5.38 Å². The lowest BCUT2D eigenvalue weighted by atomic mass is 10.1. The summed E-state index contributed by atoms with van der Waals surface area (Å²) in [5.41, 5.74) is 2.18. The van der Waals surface area contributed by atoms with Crippen LogP contribution in [-0.2, 0) is 11.3 Å². The van der Waals surface area contributed by atoms with Crippen LogP contribution in [0.15, 0.2) is 47.8 Å². The van der Waals surface area contributed by atoms with Crippen molar-refractivity contribution in [1.82, 2.24) is 4.98 Å². The summed E-state index contributed by atoms with van der Waals surface area (Å²) in [6, 6.07) is 13.9. The Hall–Kier alpha value is -3.37. The molecular formula is C20H16N2O4S. The SMILES string of the molecule is COc1cccc(-c2nc(COC(=O)c3cccc(C#N)c3)cs2)c1OC. The first-order chi connectivity index (χ1) is 13.2. The molecule has 3 aromatic rings. The molecule has 0 radical (unpaired) electrons. The van der Waals surface area contributed by atoms with Gasteiger partial charge >= 0.3 is 5.97 Å². The minimum Gasteiger partial charge on any atom is -0.493 e. The van der Waals surface area contributed by atoms with Crippen LogP contribution < -0.4 is 9.47 Å². The van der Waals surface area contributed by atoms with Crippen LogP contribution in [0.25, 0.3) is 10.6 Å². The van der Waals surface area contributed by atoms with Crippen LogP contribution in [0.4, 0.5) is 0 Å². The molecule has 0 spiro atoms. The lowest BCUT2D eigenvalue weighted by Crippen LogP contribution is -2.05. The quantitative estimate of drug-likeness (QED) is 0.600. The number of benzene rings is 2. The van der Waals surface area contributed by atoms with E-state index >= 15 is 0 Å². The predicted molar refractivity (Wildman–Crippen MR) is 101 cm³/mol. The van der Waals surface area contributed by atoms with Crippen molar-refractivity contribution >= 4 is 17.3 Å². The van der Waals surface area contributed by atoms with Crippen LogP contribution in [-0.4, -0.2) is 25.2 Å². The van der Waals surface area contributed by atoms with Crippen molar-refractivity contribution in [2.24, 2.45) is 0 Å². The van der Waals surface area contributed by atoms with Gasteiger partial charge in [0.15, 0.2) is 11.5 Å². The fourth-order valence-corrected chi connectivity index (χ4v) is 3.32. The number of para-hydroxylation sites is 1. The zero-order valence-electron chi connectivity index (χ0n) is 14.8. The van der Waals surface area contributed by atoms with Gasteiger partial charge in [-0.1, -0.05) is 12.1 Å². The molecule has 0 aliphatic carbocycles. The lowest BCUT2D eigenvalue weighted by Gasteiger charge is -2.10. The Morgan fingerprint density at radius 3 is 2.74 bits per heavy atom. The normalized spacial score (nSPS) is 10.1. The summed E-state index contributed by atoms with van der Waals surface area (Å²) in [7, 11) is 3.16. The Morgan fingerprint density at radius 1 is 1.19 bits per heavy atom. The van der Waals surface area contributed by atoms with E-state index in [-0.39, 0.29) is 6.61 Å². The van der Waals surface area contributed by atoms with Gasteiger partial charge in [0.2, 0.25) is 0 Å². The third kappa shape index (κ3) is 4.07. The third-order valence-corrected chi connectivity index (χ3v) is 4.69. The summed E-state index contributed by atoms with van der Waals surface area (Å²) < 4.78 is 16.1. The first-order valence-corrected chi connectivity index (χ1v) is 8.87. The largest absolute Gasteiger partial charge is 0.493 e. The van der Waals surface area contributed by atoms with Crippen molar-refractivity contribution in [3.05, 3.63) is 64.7 Å². The molecule has 0 N–H and O–H groups in total. The summed E-state index contributed by atoms with van der Waals surface area (Å²) in [6.45, 7) is 0.0401. The second kappa shape index (κ2) is 8.34. The second-order valence-electron chi connectivity index (χ2n) is 5.45. The van der Waals surface area contributed by atoms with E-state index in [2.05, 4.69) is 4.98 Å². The number of methoxy groups -OCH3 is 2. The molecule has 0 saturated heterocycles. The average Bonchev–Trinajstić information content (AvgIpc) is 3.20. The summed E-state index contributed by atoms with van der Waals surface area (Å²) >= 11 is 1.42. The maximum absolute atomic E-state index is 12.2. The van der Waals surface area contributed by atoms with E-state index in [1.165, 1.54) is 17.4 Å². The molecule has 0 aliphatic rings. The number of thiazole rings is 1. The van der Waals surface area contributed by atoms with Crippen molar-refractivity contribution in [1.29, 1.82) is 5.26 Å². The highest BCUT2D eigenvalue weighted by Crippen LogP contribution is 2.39. The minimum atomic E-state index is -0.499. The first-order valence-electron chi connectivity index (χ1n) is 7.99. The molecule has 136 valence electrons. The molecule has 2 aromatic carbocycles. The minimum absolute atomic E-state index is 0.0401. The Morgan fingerprint density at radius 2 is 2.00 bits per heavy atom. The second-order valence-corrected chi connectivity index (χ2v) is 6.31. The monoisotopic (exact) mass is 380 g/mol. The maximum atomic E-state index is 12.2. The fraction of sp³-hybridized carbons (Fsp3) is 0.150. The van der Waals surface area contributed by atoms with E-state index in [4.69, 9.17) is 19.5 Å². The van der Waals surface area contributed by atoms with E-state index < -0.39 is 5.97 Å². The number of nitrogens with zero attached hydrogens (tertiary/aromatic N) is 2. The van der Waals surface area contributed by atoms with Gasteiger partial charge in [0.1, 0.15) is 11.6 Å². The van der Waals surface area contributed by atoms with Crippen molar-refractivity contribution in [2.75, 3.05) is 14.2 Å². The van der Waals surface area contributed by atoms with Gasteiger partial charge < -0.3 is 14.2 Å². The van der Waals surface area contributed by atoms with Crippen LogP contribution in [0.5, 0.6) is 11.5 Å². The van der Waals surface area contributed by atoms with Gasteiger partial charge in [-0.15, -0.1) is 11.3 Å². The van der Waals surface area contributed by atoms with Crippen LogP contribution >= 0.6 is 11.3 Å². The van der Waals surface area contributed by atoms with Crippen molar-refractivity contribution in [3.63, 3.8) is 0 Å². The smallest absolute Gasteiger partial charge is 0.338 e. The third-order valence-electron chi connectivity index (χ3n) is 3.76. The number of hydrogen-bond donors (Lipinski definition) is 0. The standard InChI is InChI=1S/C20H16N2O4S/c1-24-17-8-4-7-16(18(17)25-2)19-22-15(12-27-19)11-26-20(23)14-6-3-5-13(9-14)10-21/h3-9,12H,11H2,1-2H3. The zero-order chi connectivity index (χ0) is 19.2. The Labute approximate surface area is 160 Å². The van der Waals surface area contributed by atoms with Crippen molar-refractivity contribution in [2.45, 2.75) is 6.61 Å². The average molecular weight is 380 g/mol.